The maximum absolute atomic E-state index is 8.87. The van der Waals surface area contributed by atoms with Crippen molar-refractivity contribution in [2.24, 2.45) is 11.8 Å². The Labute approximate surface area is 198 Å². The van der Waals surface area contributed by atoms with Crippen molar-refractivity contribution in [3.63, 3.8) is 0 Å². The summed E-state index contributed by atoms with van der Waals surface area (Å²) in [5, 5.41) is 16.5. The second-order valence-electron chi connectivity index (χ2n) is 10.1. The van der Waals surface area contributed by atoms with Crippen LogP contribution in [0.3, 0.4) is 0 Å². The fourth-order valence-corrected chi connectivity index (χ4v) is 6.80. The quantitative estimate of drug-likeness (QED) is 0.608. The lowest BCUT2D eigenvalue weighted by atomic mass is 9.63. The average Bonchev–Trinajstić information content (AvgIpc) is 3.43. The lowest BCUT2D eigenvalue weighted by molar-refractivity contribution is 0.0557. The molecule has 3 heterocycles. The number of fused-ring (bicyclic) bond motifs is 1. The third-order valence-corrected chi connectivity index (χ3v) is 8.36. The summed E-state index contributed by atoms with van der Waals surface area (Å²) in [4.78, 5) is 6.79. The second-order valence-corrected chi connectivity index (χ2v) is 10.1. The molecule has 2 aliphatic heterocycles. The van der Waals surface area contributed by atoms with Crippen molar-refractivity contribution >= 4 is 5.69 Å². The number of aromatic nitrogens is 1. The van der Waals surface area contributed by atoms with Gasteiger partial charge < -0.3 is 15.5 Å². The number of benzene rings is 1. The molecule has 1 saturated heterocycles. The predicted octanol–water partition coefficient (Wildman–Crippen LogP) is 4.70. The molecular formula is C28H37N5. The maximum atomic E-state index is 8.87. The first kappa shape index (κ1) is 22.4. The van der Waals surface area contributed by atoms with E-state index in [1.807, 2.05) is 6.07 Å². The molecule has 2 fully saturated rings. The molecule has 1 saturated carbocycles. The molecule has 2 aromatic rings. The summed E-state index contributed by atoms with van der Waals surface area (Å²) in [7, 11) is 0. The van der Waals surface area contributed by atoms with E-state index in [0.717, 1.165) is 43.6 Å². The van der Waals surface area contributed by atoms with Crippen molar-refractivity contribution in [1.82, 2.24) is 15.2 Å². The number of nitrogens with one attached hydrogen (secondary N) is 2. The largest absolute Gasteiger partial charge is 0.384 e. The van der Waals surface area contributed by atoms with Crippen molar-refractivity contribution in [2.45, 2.75) is 56.9 Å². The summed E-state index contributed by atoms with van der Waals surface area (Å²) in [5.74, 6) is 1.53. The average molecular weight is 444 g/mol. The van der Waals surface area contributed by atoms with E-state index in [9.17, 15) is 0 Å². The van der Waals surface area contributed by atoms with Crippen LogP contribution in [0.25, 0.3) is 0 Å². The predicted molar refractivity (Wildman–Crippen MR) is 133 cm³/mol. The Morgan fingerprint density at radius 2 is 1.85 bits per heavy atom. The molecule has 1 aromatic heterocycles. The van der Waals surface area contributed by atoms with Crippen molar-refractivity contribution in [1.29, 1.82) is 5.26 Å². The monoisotopic (exact) mass is 443 g/mol. The zero-order chi connectivity index (χ0) is 22.5. The molecule has 0 spiro atoms. The minimum atomic E-state index is 0.196. The number of rotatable bonds is 7. The van der Waals surface area contributed by atoms with Crippen LogP contribution in [0.15, 0.2) is 42.6 Å². The van der Waals surface area contributed by atoms with Gasteiger partial charge in [-0.05, 0) is 93.3 Å². The highest BCUT2D eigenvalue weighted by Crippen LogP contribution is 2.50. The molecule has 2 N–H and O–H groups in total. The minimum absolute atomic E-state index is 0.196. The van der Waals surface area contributed by atoms with Crippen LogP contribution in [-0.2, 0) is 12.0 Å². The molecule has 0 bridgehead atoms. The van der Waals surface area contributed by atoms with Gasteiger partial charge in [-0.3, -0.25) is 0 Å². The molecular weight excluding hydrogens is 406 g/mol. The van der Waals surface area contributed by atoms with Crippen molar-refractivity contribution in [3.05, 3.63) is 59.4 Å². The molecule has 3 aliphatic rings. The highest BCUT2D eigenvalue weighted by Gasteiger charge is 2.49. The summed E-state index contributed by atoms with van der Waals surface area (Å²) in [6, 6.07) is 15.1. The molecule has 0 amide bonds. The van der Waals surface area contributed by atoms with Gasteiger partial charge in [-0.15, -0.1) is 0 Å². The molecule has 1 unspecified atom stereocenters. The standard InChI is InChI=1S/C28H37N5/c29-20-25-10-11-26(21-31-25)30-15-5-17-33-18-13-24(14-19-33)28(23-7-2-3-8-23)27-9-4-1-6-22(27)12-16-32-28/h1,4,6,9-11,21,23-24,30,32H,2-3,5,7-8,12-19H2. The summed E-state index contributed by atoms with van der Waals surface area (Å²) < 4.78 is 0. The molecule has 1 aliphatic carbocycles. The highest BCUT2D eigenvalue weighted by atomic mass is 15.1. The number of hydrogen-bond donors (Lipinski definition) is 2. The Kier molecular flexibility index (Phi) is 6.94. The van der Waals surface area contributed by atoms with E-state index in [-0.39, 0.29) is 5.54 Å². The van der Waals surface area contributed by atoms with Gasteiger partial charge in [0.15, 0.2) is 0 Å². The molecule has 1 aromatic carbocycles. The van der Waals surface area contributed by atoms with Gasteiger partial charge in [0.1, 0.15) is 11.8 Å². The van der Waals surface area contributed by atoms with Crippen LogP contribution in [0, 0.1) is 23.2 Å². The van der Waals surface area contributed by atoms with E-state index in [2.05, 4.69) is 50.9 Å². The van der Waals surface area contributed by atoms with E-state index >= 15 is 0 Å². The summed E-state index contributed by atoms with van der Waals surface area (Å²) in [6.07, 6.45) is 12.2. The van der Waals surface area contributed by atoms with Gasteiger partial charge in [0.25, 0.3) is 0 Å². The number of anilines is 1. The van der Waals surface area contributed by atoms with Crippen LogP contribution in [-0.4, -0.2) is 42.6 Å². The van der Waals surface area contributed by atoms with Crippen molar-refractivity contribution < 1.29 is 0 Å². The number of likely N-dealkylation sites (tertiary alicyclic amines) is 1. The van der Waals surface area contributed by atoms with Gasteiger partial charge in [0.2, 0.25) is 0 Å². The highest BCUT2D eigenvalue weighted by molar-refractivity contribution is 5.42. The van der Waals surface area contributed by atoms with Crippen LogP contribution in [0.1, 0.15) is 61.8 Å². The molecule has 33 heavy (non-hydrogen) atoms. The number of hydrogen-bond acceptors (Lipinski definition) is 5. The lowest BCUT2D eigenvalue weighted by Crippen LogP contribution is -2.58. The van der Waals surface area contributed by atoms with Gasteiger partial charge in [-0.25, -0.2) is 4.98 Å². The van der Waals surface area contributed by atoms with Crippen LogP contribution >= 0.6 is 0 Å². The van der Waals surface area contributed by atoms with Crippen LogP contribution < -0.4 is 10.6 Å². The van der Waals surface area contributed by atoms with Gasteiger partial charge in [0, 0.05) is 18.6 Å². The third kappa shape index (κ3) is 4.65. The van der Waals surface area contributed by atoms with Gasteiger partial charge in [-0.1, -0.05) is 37.1 Å². The normalized spacial score (nSPS) is 24.3. The lowest BCUT2D eigenvalue weighted by Gasteiger charge is -2.52. The Bertz CT molecular complexity index is 951. The van der Waals surface area contributed by atoms with Gasteiger partial charge in [0.05, 0.1) is 11.9 Å². The zero-order valence-electron chi connectivity index (χ0n) is 19.7. The number of nitrogens with zero attached hydrogens (tertiary/aromatic N) is 3. The maximum Gasteiger partial charge on any atom is 0.140 e. The van der Waals surface area contributed by atoms with Crippen molar-refractivity contribution in [3.8, 4) is 6.07 Å². The first-order valence-corrected chi connectivity index (χ1v) is 13.0. The molecule has 5 rings (SSSR count). The number of piperidine rings is 1. The molecule has 0 radical (unpaired) electrons. The van der Waals surface area contributed by atoms with Crippen LogP contribution in [0.4, 0.5) is 5.69 Å². The van der Waals surface area contributed by atoms with E-state index in [1.165, 1.54) is 58.0 Å². The Morgan fingerprint density at radius 1 is 1.06 bits per heavy atom. The van der Waals surface area contributed by atoms with Gasteiger partial charge in [-0.2, -0.15) is 5.26 Å². The summed E-state index contributed by atoms with van der Waals surface area (Å²) >= 11 is 0. The SMILES string of the molecule is N#Cc1ccc(NCCCN2CCC(C3(C4CCCC4)NCCc4ccccc43)CC2)cn1. The topological polar surface area (TPSA) is 64.0 Å². The Balaban J connectivity index is 1.17. The number of pyridine rings is 1. The van der Waals surface area contributed by atoms with E-state index in [1.54, 1.807) is 23.4 Å². The van der Waals surface area contributed by atoms with E-state index in [0.29, 0.717) is 5.69 Å². The molecule has 1 atom stereocenters. The number of nitriles is 1. The molecule has 174 valence electrons. The second kappa shape index (κ2) is 10.2. The Hall–Kier alpha value is -2.42. The Morgan fingerprint density at radius 3 is 2.61 bits per heavy atom. The van der Waals surface area contributed by atoms with Crippen LogP contribution in [0.5, 0.6) is 0 Å². The van der Waals surface area contributed by atoms with E-state index in [4.69, 9.17) is 5.26 Å². The first-order chi connectivity index (χ1) is 16.3. The smallest absolute Gasteiger partial charge is 0.140 e. The zero-order valence-corrected chi connectivity index (χ0v) is 19.7. The van der Waals surface area contributed by atoms with Crippen LogP contribution in [0.2, 0.25) is 0 Å². The molecule has 5 heteroatoms. The van der Waals surface area contributed by atoms with Crippen molar-refractivity contribution in [2.75, 3.05) is 38.0 Å². The summed E-state index contributed by atoms with van der Waals surface area (Å²) in [5.41, 5.74) is 4.87. The minimum Gasteiger partial charge on any atom is -0.384 e. The third-order valence-electron chi connectivity index (χ3n) is 8.36. The first-order valence-electron chi connectivity index (χ1n) is 13.0. The van der Waals surface area contributed by atoms with Gasteiger partial charge >= 0.3 is 0 Å². The summed E-state index contributed by atoms with van der Waals surface area (Å²) in [6.45, 7) is 5.63. The fourth-order valence-electron chi connectivity index (χ4n) is 6.80. The molecule has 5 nitrogen and oxygen atoms in total. The fraction of sp³-hybridized carbons (Fsp3) is 0.571. The van der Waals surface area contributed by atoms with E-state index < -0.39 is 0 Å².